The highest BCUT2D eigenvalue weighted by molar-refractivity contribution is 5.77. The first-order chi connectivity index (χ1) is 10.5. The zero-order chi connectivity index (χ0) is 15.7. The number of carboxylic acids is 1. The smallest absolute Gasteiger partial charge is 0.311 e. The summed E-state index contributed by atoms with van der Waals surface area (Å²) in [6.07, 6.45) is 4.72. The first-order valence-electron chi connectivity index (χ1n) is 7.73. The van der Waals surface area contributed by atoms with Crippen LogP contribution in [0.4, 0.5) is 0 Å². The largest absolute Gasteiger partial charge is 0.481 e. The minimum Gasteiger partial charge on any atom is -0.481 e. The Balaban J connectivity index is 1.80. The third-order valence-corrected chi connectivity index (χ3v) is 5.12. The number of nitrogens with zero attached hydrogens (tertiary/aromatic N) is 2. The fourth-order valence-corrected chi connectivity index (χ4v) is 3.93. The number of aliphatic carboxylic acids is 1. The Kier molecular flexibility index (Phi) is 3.95. The van der Waals surface area contributed by atoms with E-state index in [1.54, 1.807) is 24.3 Å². The maximum absolute atomic E-state index is 12.0. The maximum atomic E-state index is 12.0. The van der Waals surface area contributed by atoms with Crippen LogP contribution < -0.4 is 0 Å². The van der Waals surface area contributed by atoms with Gasteiger partial charge in [-0.25, -0.2) is 0 Å². The summed E-state index contributed by atoms with van der Waals surface area (Å²) in [6, 6.07) is 1.91. The number of fused-ring (bicyclic) bond motifs is 1. The van der Waals surface area contributed by atoms with Crippen molar-refractivity contribution >= 4 is 11.9 Å². The minimum atomic E-state index is -0.728. The molecule has 6 heteroatoms. The lowest BCUT2D eigenvalue weighted by molar-refractivity contribution is -0.151. The monoisotopic (exact) mass is 306 g/mol. The van der Waals surface area contributed by atoms with Crippen molar-refractivity contribution in [2.24, 2.45) is 11.3 Å². The molecule has 2 aliphatic heterocycles. The lowest BCUT2D eigenvalue weighted by Gasteiger charge is -2.29. The van der Waals surface area contributed by atoms with E-state index >= 15 is 0 Å². The van der Waals surface area contributed by atoms with Crippen LogP contribution in [-0.2, 0) is 16.1 Å². The molecule has 2 atom stereocenters. The number of hydrogen-bond donors (Lipinski definition) is 1. The molecular weight excluding hydrogens is 284 g/mol. The van der Waals surface area contributed by atoms with Gasteiger partial charge in [-0.05, 0) is 18.9 Å². The maximum Gasteiger partial charge on any atom is 0.311 e. The summed E-state index contributed by atoms with van der Waals surface area (Å²) in [4.78, 5) is 27.7. The molecule has 0 spiro atoms. The number of carbonyl (C=O) groups excluding carboxylic acids is 1. The molecule has 2 aliphatic rings. The summed E-state index contributed by atoms with van der Waals surface area (Å²) in [5.74, 6) is -0.699. The third kappa shape index (κ3) is 2.63. The number of hydrogen-bond acceptors (Lipinski definition) is 4. The van der Waals surface area contributed by atoms with Gasteiger partial charge >= 0.3 is 5.97 Å². The number of amides is 1. The van der Waals surface area contributed by atoms with Gasteiger partial charge in [0.1, 0.15) is 0 Å². The Morgan fingerprint density at radius 2 is 2.27 bits per heavy atom. The molecule has 0 aliphatic carbocycles. The summed E-state index contributed by atoms with van der Waals surface area (Å²) in [5.41, 5.74) is 0.328. The number of likely N-dealkylation sites (tertiary alicyclic amines) is 2. The van der Waals surface area contributed by atoms with Crippen molar-refractivity contribution in [3.63, 3.8) is 0 Å². The molecule has 2 fully saturated rings. The molecule has 6 nitrogen and oxygen atoms in total. The van der Waals surface area contributed by atoms with E-state index < -0.39 is 11.4 Å². The second kappa shape index (κ2) is 5.76. The van der Waals surface area contributed by atoms with E-state index in [4.69, 9.17) is 4.42 Å². The summed E-state index contributed by atoms with van der Waals surface area (Å²) in [5, 5.41) is 9.84. The second-order valence-electron chi connectivity index (χ2n) is 6.53. The lowest BCUT2D eigenvalue weighted by atomic mass is 9.75. The van der Waals surface area contributed by atoms with Crippen LogP contribution in [0.1, 0.15) is 25.3 Å². The standard InChI is InChI=1S/C16H22N2O4/c1-12(19)18-5-2-4-16(15(20)21)11-17(8-14(16)9-18)7-13-3-6-22-10-13/h3,6,10,14H,2,4-5,7-9,11H2,1H3,(H,20,21)/t14-,16+/m0/s1. The molecule has 1 aromatic rings. The SMILES string of the molecule is CC(=O)N1CCC[C@@]2(C(=O)O)CN(Cc3ccoc3)C[C@H]2C1. The van der Waals surface area contributed by atoms with Crippen molar-refractivity contribution in [3.8, 4) is 0 Å². The van der Waals surface area contributed by atoms with Crippen molar-refractivity contribution in [1.29, 1.82) is 0 Å². The molecular formula is C16H22N2O4. The van der Waals surface area contributed by atoms with Crippen molar-refractivity contribution in [1.82, 2.24) is 9.80 Å². The fraction of sp³-hybridized carbons (Fsp3) is 0.625. The average Bonchev–Trinajstić information content (AvgIpc) is 3.03. The molecule has 22 heavy (non-hydrogen) atoms. The molecule has 1 aromatic heterocycles. The number of carbonyl (C=O) groups is 2. The van der Waals surface area contributed by atoms with Gasteiger partial charge in [0.15, 0.2) is 0 Å². The van der Waals surface area contributed by atoms with E-state index in [1.807, 2.05) is 6.07 Å². The van der Waals surface area contributed by atoms with Gasteiger partial charge in [0.05, 0.1) is 17.9 Å². The average molecular weight is 306 g/mol. The number of furan rings is 1. The summed E-state index contributed by atoms with van der Waals surface area (Å²) in [7, 11) is 0. The normalized spacial score (nSPS) is 29.1. The van der Waals surface area contributed by atoms with Crippen LogP contribution in [-0.4, -0.2) is 53.0 Å². The highest BCUT2D eigenvalue weighted by Crippen LogP contribution is 2.43. The molecule has 0 aromatic carbocycles. The van der Waals surface area contributed by atoms with Gasteiger partial charge in [-0.3, -0.25) is 14.5 Å². The lowest BCUT2D eigenvalue weighted by Crippen LogP contribution is -2.42. The van der Waals surface area contributed by atoms with Gasteiger partial charge < -0.3 is 14.4 Å². The van der Waals surface area contributed by atoms with Crippen LogP contribution in [0.2, 0.25) is 0 Å². The minimum absolute atomic E-state index is 0.0108. The summed E-state index contributed by atoms with van der Waals surface area (Å²) < 4.78 is 5.09. The Labute approximate surface area is 129 Å². The number of carboxylic acid groups (broad SMARTS) is 1. The molecule has 0 saturated carbocycles. The second-order valence-corrected chi connectivity index (χ2v) is 6.53. The Bertz CT molecular complexity index is 557. The zero-order valence-corrected chi connectivity index (χ0v) is 12.8. The van der Waals surface area contributed by atoms with Gasteiger partial charge in [0.2, 0.25) is 5.91 Å². The van der Waals surface area contributed by atoms with Crippen LogP contribution in [0.15, 0.2) is 23.0 Å². The first-order valence-corrected chi connectivity index (χ1v) is 7.73. The van der Waals surface area contributed by atoms with E-state index in [1.165, 1.54) is 0 Å². The highest BCUT2D eigenvalue weighted by atomic mass is 16.4. The topological polar surface area (TPSA) is 74.0 Å². The molecule has 3 rings (SSSR count). The molecule has 1 N–H and O–H groups in total. The molecule has 1 amide bonds. The van der Waals surface area contributed by atoms with Gasteiger partial charge in [-0.2, -0.15) is 0 Å². The predicted octanol–water partition coefficient (Wildman–Crippen LogP) is 1.42. The summed E-state index contributed by atoms with van der Waals surface area (Å²) >= 11 is 0. The van der Waals surface area contributed by atoms with Crippen LogP contribution in [0.25, 0.3) is 0 Å². The molecule has 0 unspecified atom stereocenters. The van der Waals surface area contributed by atoms with Crippen LogP contribution in [0.3, 0.4) is 0 Å². The molecule has 2 saturated heterocycles. The van der Waals surface area contributed by atoms with E-state index in [-0.39, 0.29) is 11.8 Å². The van der Waals surface area contributed by atoms with E-state index in [0.717, 1.165) is 12.0 Å². The van der Waals surface area contributed by atoms with E-state index in [2.05, 4.69) is 4.90 Å². The third-order valence-electron chi connectivity index (χ3n) is 5.12. The molecule has 120 valence electrons. The van der Waals surface area contributed by atoms with Crippen molar-refractivity contribution < 1.29 is 19.1 Å². The van der Waals surface area contributed by atoms with Gasteiger partial charge in [-0.1, -0.05) is 0 Å². The Hall–Kier alpha value is -1.82. The fourth-order valence-electron chi connectivity index (χ4n) is 3.93. The van der Waals surface area contributed by atoms with Gasteiger partial charge in [0.25, 0.3) is 0 Å². The predicted molar refractivity (Wildman–Crippen MR) is 79.0 cm³/mol. The van der Waals surface area contributed by atoms with Crippen molar-refractivity contribution in [2.45, 2.75) is 26.3 Å². The van der Waals surface area contributed by atoms with E-state index in [9.17, 15) is 14.7 Å². The molecule has 0 bridgehead atoms. The number of rotatable bonds is 3. The van der Waals surface area contributed by atoms with Crippen LogP contribution in [0.5, 0.6) is 0 Å². The quantitative estimate of drug-likeness (QED) is 0.914. The zero-order valence-electron chi connectivity index (χ0n) is 12.8. The van der Waals surface area contributed by atoms with Crippen molar-refractivity contribution in [2.75, 3.05) is 26.2 Å². The molecule has 0 radical (unpaired) electrons. The van der Waals surface area contributed by atoms with Gasteiger partial charge in [0, 0.05) is 51.1 Å². The summed E-state index contributed by atoms with van der Waals surface area (Å²) in [6.45, 7) is 4.73. The first kappa shape index (κ1) is 15.1. The van der Waals surface area contributed by atoms with E-state index in [0.29, 0.717) is 39.1 Å². The van der Waals surface area contributed by atoms with Crippen molar-refractivity contribution in [3.05, 3.63) is 24.2 Å². The van der Waals surface area contributed by atoms with Crippen LogP contribution >= 0.6 is 0 Å². The van der Waals surface area contributed by atoms with Gasteiger partial charge in [-0.15, -0.1) is 0 Å². The highest BCUT2D eigenvalue weighted by Gasteiger charge is 2.53. The molecule has 3 heterocycles. The Morgan fingerprint density at radius 3 is 2.91 bits per heavy atom. The van der Waals surface area contributed by atoms with Crippen LogP contribution in [0, 0.1) is 11.3 Å². The Morgan fingerprint density at radius 1 is 1.45 bits per heavy atom.